The van der Waals surface area contributed by atoms with Crippen molar-refractivity contribution in [1.29, 1.82) is 0 Å². The molecule has 0 bridgehead atoms. The van der Waals surface area contributed by atoms with Gasteiger partial charge < -0.3 is 5.32 Å². The van der Waals surface area contributed by atoms with Crippen molar-refractivity contribution in [3.63, 3.8) is 0 Å². The number of rotatable bonds is 6. The molecule has 1 aliphatic rings. The first-order valence-electron chi connectivity index (χ1n) is 6.93. The minimum Gasteiger partial charge on any atom is -0.313 e. The minimum atomic E-state index is -0.0980. The molecule has 20 heavy (non-hydrogen) atoms. The van der Waals surface area contributed by atoms with Crippen LogP contribution >= 0.6 is 11.8 Å². The van der Waals surface area contributed by atoms with E-state index in [1.54, 1.807) is 16.3 Å². The Morgan fingerprint density at radius 3 is 3.00 bits per heavy atom. The van der Waals surface area contributed by atoms with Crippen LogP contribution in [0.5, 0.6) is 0 Å². The van der Waals surface area contributed by atoms with E-state index in [9.17, 15) is 4.79 Å². The Hall–Kier alpha value is -1.53. The third-order valence-electron chi connectivity index (χ3n) is 3.32. The lowest BCUT2D eigenvalue weighted by molar-refractivity contribution is 0.642. The molecule has 0 atom stereocenters. The van der Waals surface area contributed by atoms with Crippen LogP contribution in [0.4, 0.5) is 0 Å². The molecule has 0 spiro atoms. The van der Waals surface area contributed by atoms with Gasteiger partial charge in [-0.3, -0.25) is 4.57 Å². The molecular formula is C14H18N4OS. The molecule has 0 amide bonds. The molecule has 106 valence electrons. The monoisotopic (exact) mass is 290 g/mol. The van der Waals surface area contributed by atoms with E-state index in [2.05, 4.69) is 34.6 Å². The predicted octanol–water partition coefficient (Wildman–Crippen LogP) is 2.17. The van der Waals surface area contributed by atoms with Gasteiger partial charge in [-0.15, -0.1) is 5.10 Å². The molecule has 6 heteroatoms. The molecule has 5 nitrogen and oxygen atoms in total. The zero-order valence-corrected chi connectivity index (χ0v) is 12.2. The SMILES string of the molecule is CCNCc1ccccc1Sc1n[nH]c(=O)n1C1CC1. The van der Waals surface area contributed by atoms with Gasteiger partial charge in [0.05, 0.1) is 0 Å². The van der Waals surface area contributed by atoms with Crippen LogP contribution in [0, 0.1) is 0 Å². The summed E-state index contributed by atoms with van der Waals surface area (Å²) in [5, 5.41) is 10.8. The van der Waals surface area contributed by atoms with Crippen LogP contribution in [0.15, 0.2) is 39.1 Å². The van der Waals surface area contributed by atoms with Crippen LogP contribution in [0.1, 0.15) is 31.4 Å². The Labute approximate surface area is 121 Å². The van der Waals surface area contributed by atoms with Crippen LogP contribution in [0.3, 0.4) is 0 Å². The molecule has 2 N–H and O–H groups in total. The fourth-order valence-electron chi connectivity index (χ4n) is 2.12. The van der Waals surface area contributed by atoms with Gasteiger partial charge in [0.2, 0.25) is 0 Å². The van der Waals surface area contributed by atoms with Gasteiger partial charge in [0.1, 0.15) is 0 Å². The highest BCUT2D eigenvalue weighted by atomic mass is 32.2. The van der Waals surface area contributed by atoms with E-state index < -0.39 is 0 Å². The second-order valence-corrected chi connectivity index (χ2v) is 5.91. The first-order valence-corrected chi connectivity index (χ1v) is 7.74. The summed E-state index contributed by atoms with van der Waals surface area (Å²) in [5.41, 5.74) is 1.14. The summed E-state index contributed by atoms with van der Waals surface area (Å²) in [4.78, 5) is 12.9. The highest BCUT2D eigenvalue weighted by Gasteiger charge is 2.28. The van der Waals surface area contributed by atoms with E-state index in [-0.39, 0.29) is 5.69 Å². The largest absolute Gasteiger partial charge is 0.344 e. The van der Waals surface area contributed by atoms with Crippen molar-refractivity contribution >= 4 is 11.8 Å². The molecule has 1 aliphatic carbocycles. The Balaban J connectivity index is 1.86. The lowest BCUT2D eigenvalue weighted by Crippen LogP contribution is -2.16. The normalized spacial score (nSPS) is 14.7. The number of benzene rings is 1. The lowest BCUT2D eigenvalue weighted by Gasteiger charge is -2.09. The fraction of sp³-hybridized carbons (Fsp3) is 0.429. The van der Waals surface area contributed by atoms with Crippen molar-refractivity contribution in [2.45, 2.75) is 42.4 Å². The Morgan fingerprint density at radius 1 is 1.45 bits per heavy atom. The first kappa shape index (κ1) is 13.5. The number of nitrogens with zero attached hydrogens (tertiary/aromatic N) is 2. The predicted molar refractivity (Wildman–Crippen MR) is 79.1 cm³/mol. The number of aromatic amines is 1. The molecule has 2 aromatic rings. The van der Waals surface area contributed by atoms with Gasteiger partial charge >= 0.3 is 5.69 Å². The molecule has 0 unspecified atom stereocenters. The van der Waals surface area contributed by atoms with Crippen LogP contribution < -0.4 is 11.0 Å². The van der Waals surface area contributed by atoms with Gasteiger partial charge in [-0.05, 0) is 42.8 Å². The molecular weight excluding hydrogens is 272 g/mol. The highest BCUT2D eigenvalue weighted by Crippen LogP contribution is 2.38. The zero-order chi connectivity index (χ0) is 13.9. The van der Waals surface area contributed by atoms with Gasteiger partial charge in [0, 0.05) is 17.5 Å². The fourth-order valence-corrected chi connectivity index (χ4v) is 3.16. The van der Waals surface area contributed by atoms with Gasteiger partial charge in [0.25, 0.3) is 0 Å². The summed E-state index contributed by atoms with van der Waals surface area (Å²) in [7, 11) is 0. The van der Waals surface area contributed by atoms with Gasteiger partial charge in [-0.2, -0.15) is 0 Å². The van der Waals surface area contributed by atoms with Crippen molar-refractivity contribution in [3.8, 4) is 0 Å². The summed E-state index contributed by atoms with van der Waals surface area (Å²) in [6.45, 7) is 3.86. The lowest BCUT2D eigenvalue weighted by atomic mass is 10.2. The van der Waals surface area contributed by atoms with Crippen LogP contribution in [-0.2, 0) is 6.54 Å². The second-order valence-electron chi connectivity index (χ2n) is 4.90. The quantitative estimate of drug-likeness (QED) is 0.856. The molecule has 0 aliphatic heterocycles. The average Bonchev–Trinajstić information content (AvgIpc) is 3.23. The van der Waals surface area contributed by atoms with Crippen molar-refractivity contribution in [1.82, 2.24) is 20.1 Å². The van der Waals surface area contributed by atoms with Crippen LogP contribution in [-0.4, -0.2) is 21.3 Å². The zero-order valence-electron chi connectivity index (χ0n) is 11.4. The van der Waals surface area contributed by atoms with Crippen molar-refractivity contribution in [2.75, 3.05) is 6.54 Å². The molecule has 0 radical (unpaired) electrons. The average molecular weight is 290 g/mol. The van der Waals surface area contributed by atoms with E-state index in [1.165, 1.54) is 5.56 Å². The van der Waals surface area contributed by atoms with Crippen molar-refractivity contribution in [3.05, 3.63) is 40.3 Å². The number of H-pyrrole nitrogens is 1. The maximum atomic E-state index is 11.8. The molecule has 1 aromatic heterocycles. The summed E-state index contributed by atoms with van der Waals surface area (Å²) >= 11 is 1.56. The van der Waals surface area contributed by atoms with E-state index in [4.69, 9.17) is 0 Å². The number of hydrogen-bond donors (Lipinski definition) is 2. The molecule has 0 saturated heterocycles. The number of nitrogens with one attached hydrogen (secondary N) is 2. The van der Waals surface area contributed by atoms with Gasteiger partial charge in [-0.25, -0.2) is 9.89 Å². The van der Waals surface area contributed by atoms with E-state index in [0.717, 1.165) is 36.0 Å². The van der Waals surface area contributed by atoms with Crippen LogP contribution in [0.2, 0.25) is 0 Å². The standard InChI is InChI=1S/C14H18N4OS/c1-2-15-9-10-5-3-4-6-12(10)20-14-17-16-13(19)18(14)11-7-8-11/h3-6,11,15H,2,7-9H2,1H3,(H,16,19). The second kappa shape index (κ2) is 5.85. The smallest absolute Gasteiger partial charge is 0.313 e. The third-order valence-corrected chi connectivity index (χ3v) is 4.41. The Morgan fingerprint density at radius 2 is 2.25 bits per heavy atom. The summed E-state index contributed by atoms with van der Waals surface area (Å²) in [6, 6.07) is 8.58. The summed E-state index contributed by atoms with van der Waals surface area (Å²) in [5.74, 6) is 0. The van der Waals surface area contributed by atoms with Crippen LogP contribution in [0.25, 0.3) is 0 Å². The third kappa shape index (κ3) is 2.81. The van der Waals surface area contributed by atoms with Gasteiger partial charge in [-0.1, -0.05) is 25.1 Å². The summed E-state index contributed by atoms with van der Waals surface area (Å²) < 4.78 is 1.79. The number of hydrogen-bond acceptors (Lipinski definition) is 4. The van der Waals surface area contributed by atoms with Gasteiger partial charge in [0.15, 0.2) is 5.16 Å². The highest BCUT2D eigenvalue weighted by molar-refractivity contribution is 7.99. The topological polar surface area (TPSA) is 62.7 Å². The molecule has 1 saturated carbocycles. The summed E-state index contributed by atoms with van der Waals surface area (Å²) in [6.07, 6.45) is 2.15. The molecule has 1 fully saturated rings. The molecule has 1 heterocycles. The molecule has 1 aromatic carbocycles. The maximum absolute atomic E-state index is 11.8. The first-order chi connectivity index (χ1) is 9.79. The van der Waals surface area contributed by atoms with Crippen molar-refractivity contribution in [2.24, 2.45) is 0 Å². The van der Waals surface area contributed by atoms with Crippen molar-refractivity contribution < 1.29 is 0 Å². The Kier molecular flexibility index (Phi) is 3.93. The number of aromatic nitrogens is 3. The van der Waals surface area contributed by atoms with E-state index in [0.29, 0.717) is 6.04 Å². The molecule has 3 rings (SSSR count). The van der Waals surface area contributed by atoms with E-state index >= 15 is 0 Å². The minimum absolute atomic E-state index is 0.0980. The maximum Gasteiger partial charge on any atom is 0.344 e. The Bertz CT molecular complexity index is 645. The van der Waals surface area contributed by atoms with E-state index in [1.807, 2.05) is 12.1 Å².